The number of nitrogens with one attached hydrogen (secondary N) is 1. The van der Waals surface area contributed by atoms with Crippen LogP contribution in [0.5, 0.6) is 0 Å². The van der Waals surface area contributed by atoms with Gasteiger partial charge in [0.2, 0.25) is 0 Å². The summed E-state index contributed by atoms with van der Waals surface area (Å²) < 4.78 is 2.26. The zero-order chi connectivity index (χ0) is 20.4. The van der Waals surface area contributed by atoms with E-state index in [9.17, 15) is 0 Å². The van der Waals surface area contributed by atoms with Crippen LogP contribution in [-0.2, 0) is 0 Å². The van der Waals surface area contributed by atoms with Crippen molar-refractivity contribution in [1.29, 1.82) is 0 Å². The number of aryl methyl sites for hydroxylation is 1. The van der Waals surface area contributed by atoms with Gasteiger partial charge in [-0.3, -0.25) is 4.98 Å². The lowest BCUT2D eigenvalue weighted by molar-refractivity contribution is 0.272. The quantitative estimate of drug-likeness (QED) is 0.633. The van der Waals surface area contributed by atoms with Crippen molar-refractivity contribution < 1.29 is 0 Å². The molecule has 0 radical (unpaired) electrons. The average Bonchev–Trinajstić information content (AvgIpc) is 3.32. The molecule has 4 rings (SSSR count). The molecule has 0 aliphatic carbocycles. The number of pyridine rings is 1. The topological polar surface area (TPSA) is 36.3 Å². The first-order chi connectivity index (χ1) is 14.0. The predicted molar refractivity (Wildman–Crippen MR) is 121 cm³/mol. The Balaban J connectivity index is 1.77. The van der Waals surface area contributed by atoms with E-state index in [-0.39, 0.29) is 12.1 Å². The van der Waals surface area contributed by atoms with Gasteiger partial charge in [-0.2, -0.15) is 0 Å². The molecule has 0 spiro atoms. The van der Waals surface area contributed by atoms with Gasteiger partial charge in [0.15, 0.2) is 5.11 Å². The van der Waals surface area contributed by atoms with Gasteiger partial charge in [0.1, 0.15) is 0 Å². The van der Waals surface area contributed by atoms with Gasteiger partial charge >= 0.3 is 0 Å². The second kappa shape index (κ2) is 8.35. The molecule has 0 saturated carbocycles. The molecule has 2 atom stereocenters. The molecule has 6 heteroatoms. The van der Waals surface area contributed by atoms with Crippen LogP contribution >= 0.6 is 12.2 Å². The Morgan fingerprint density at radius 2 is 1.86 bits per heavy atom. The monoisotopic (exact) mass is 405 g/mol. The van der Waals surface area contributed by atoms with E-state index in [1.165, 1.54) is 11.3 Å². The van der Waals surface area contributed by atoms with E-state index in [1.807, 2.05) is 18.3 Å². The van der Waals surface area contributed by atoms with Crippen LogP contribution < -0.4 is 5.32 Å². The van der Waals surface area contributed by atoms with Gasteiger partial charge in [0.05, 0.1) is 17.8 Å². The molecule has 1 N–H and O–H groups in total. The third kappa shape index (κ3) is 4.04. The summed E-state index contributed by atoms with van der Waals surface area (Å²) in [5, 5.41) is 4.31. The molecule has 1 aliphatic heterocycles. The fourth-order valence-corrected chi connectivity index (χ4v) is 4.18. The molecule has 2 aromatic heterocycles. The summed E-state index contributed by atoms with van der Waals surface area (Å²) in [5.74, 6) is 0. The van der Waals surface area contributed by atoms with Gasteiger partial charge in [-0.15, -0.1) is 0 Å². The highest BCUT2D eigenvalue weighted by molar-refractivity contribution is 7.80. The Labute approximate surface area is 178 Å². The van der Waals surface area contributed by atoms with Crippen LogP contribution in [-0.4, -0.2) is 51.6 Å². The van der Waals surface area contributed by atoms with Crippen molar-refractivity contribution in [2.24, 2.45) is 0 Å². The first kappa shape index (κ1) is 19.6. The Bertz CT molecular complexity index is 964. The highest BCUT2D eigenvalue weighted by Crippen LogP contribution is 2.39. The molecule has 3 aromatic rings. The minimum absolute atomic E-state index is 0.00459. The molecular formula is C23H27N5S. The maximum atomic E-state index is 5.76. The second-order valence-electron chi connectivity index (χ2n) is 7.76. The largest absolute Gasteiger partial charge is 0.352 e. The number of nitrogens with zero attached hydrogens (tertiary/aromatic N) is 4. The van der Waals surface area contributed by atoms with E-state index in [0.717, 1.165) is 29.6 Å². The minimum Gasteiger partial charge on any atom is -0.352 e. The van der Waals surface area contributed by atoms with Crippen molar-refractivity contribution in [2.45, 2.75) is 19.0 Å². The van der Waals surface area contributed by atoms with Gasteiger partial charge in [0.25, 0.3) is 0 Å². The van der Waals surface area contributed by atoms with E-state index < -0.39 is 0 Å². The van der Waals surface area contributed by atoms with Crippen LogP contribution in [0.2, 0.25) is 0 Å². The maximum Gasteiger partial charge on any atom is 0.170 e. The Morgan fingerprint density at radius 3 is 2.55 bits per heavy atom. The first-order valence-corrected chi connectivity index (χ1v) is 10.3. The van der Waals surface area contributed by atoms with Crippen molar-refractivity contribution in [1.82, 2.24) is 24.7 Å². The van der Waals surface area contributed by atoms with Crippen LogP contribution in [0, 0.1) is 6.92 Å². The molecule has 1 saturated heterocycles. The van der Waals surface area contributed by atoms with E-state index in [4.69, 9.17) is 12.2 Å². The number of benzene rings is 1. The number of hydrogen-bond acceptors (Lipinski definition) is 3. The van der Waals surface area contributed by atoms with E-state index in [2.05, 4.69) is 94.3 Å². The van der Waals surface area contributed by atoms with Crippen molar-refractivity contribution >= 4 is 17.3 Å². The smallest absolute Gasteiger partial charge is 0.170 e. The Morgan fingerprint density at radius 1 is 1.07 bits per heavy atom. The third-order valence-corrected chi connectivity index (χ3v) is 5.73. The molecule has 0 amide bonds. The van der Waals surface area contributed by atoms with Crippen LogP contribution in [0.15, 0.2) is 67.0 Å². The number of likely N-dealkylation sites (N-methyl/N-ethyl adjacent to an activating group) is 1. The van der Waals surface area contributed by atoms with E-state index >= 15 is 0 Å². The fraction of sp³-hybridized carbons (Fsp3) is 0.304. The number of thiocarbonyl (C=S) groups is 1. The van der Waals surface area contributed by atoms with Crippen LogP contribution in [0.3, 0.4) is 0 Å². The lowest BCUT2D eigenvalue weighted by Crippen LogP contribution is -2.36. The van der Waals surface area contributed by atoms with Gasteiger partial charge in [-0.25, -0.2) is 0 Å². The van der Waals surface area contributed by atoms with Gasteiger partial charge in [0, 0.05) is 36.9 Å². The van der Waals surface area contributed by atoms with Crippen molar-refractivity contribution in [3.63, 3.8) is 0 Å². The standard InChI is InChI=1S/C23H27N5S/c1-17-9-11-18(12-10-17)27-14-6-8-20(27)22-21(19-7-4-5-13-24-19)25-23(29)28(22)16-15-26(2)3/h4-14,21-22H,15-16H2,1-3H3,(H,25,29)/t21-,22+/m1/s1. The molecular weight excluding hydrogens is 378 g/mol. The SMILES string of the molecule is Cc1ccc(-n2cccc2[C@H]2[C@@H](c3ccccn3)NC(=S)N2CCN(C)C)cc1. The minimum atomic E-state index is 0.00459. The molecule has 1 aromatic carbocycles. The zero-order valence-corrected chi connectivity index (χ0v) is 17.9. The summed E-state index contributed by atoms with van der Waals surface area (Å²) >= 11 is 5.76. The van der Waals surface area contributed by atoms with Crippen molar-refractivity contribution in [3.8, 4) is 5.69 Å². The molecule has 150 valence electrons. The highest BCUT2D eigenvalue weighted by atomic mass is 32.1. The van der Waals surface area contributed by atoms with E-state index in [0.29, 0.717) is 0 Å². The summed E-state index contributed by atoms with van der Waals surface area (Å²) in [5.41, 5.74) is 4.62. The van der Waals surface area contributed by atoms with Crippen LogP contribution in [0.1, 0.15) is 29.0 Å². The molecule has 0 bridgehead atoms. The lowest BCUT2D eigenvalue weighted by Gasteiger charge is -2.29. The van der Waals surface area contributed by atoms with Crippen molar-refractivity contribution in [3.05, 3.63) is 83.9 Å². The molecule has 1 fully saturated rings. The molecule has 5 nitrogen and oxygen atoms in total. The predicted octanol–water partition coefficient (Wildman–Crippen LogP) is 3.71. The summed E-state index contributed by atoms with van der Waals surface area (Å²) in [4.78, 5) is 9.12. The highest BCUT2D eigenvalue weighted by Gasteiger charge is 2.41. The summed E-state index contributed by atoms with van der Waals surface area (Å²) in [6.07, 6.45) is 3.97. The average molecular weight is 406 g/mol. The summed E-state index contributed by atoms with van der Waals surface area (Å²) in [7, 11) is 4.18. The Kier molecular flexibility index (Phi) is 5.65. The molecule has 0 unspecified atom stereocenters. The fourth-order valence-electron chi connectivity index (χ4n) is 3.85. The third-order valence-electron chi connectivity index (χ3n) is 5.38. The molecule has 1 aliphatic rings. The summed E-state index contributed by atoms with van der Waals surface area (Å²) in [6, 6.07) is 19.1. The normalized spacial score (nSPS) is 19.0. The zero-order valence-electron chi connectivity index (χ0n) is 17.1. The van der Waals surface area contributed by atoms with Crippen LogP contribution in [0.25, 0.3) is 5.69 Å². The van der Waals surface area contributed by atoms with Crippen LogP contribution in [0.4, 0.5) is 0 Å². The first-order valence-electron chi connectivity index (χ1n) is 9.91. The van der Waals surface area contributed by atoms with Gasteiger partial charge in [-0.1, -0.05) is 23.8 Å². The molecule has 29 heavy (non-hydrogen) atoms. The van der Waals surface area contributed by atoms with Crippen molar-refractivity contribution in [2.75, 3.05) is 27.2 Å². The summed E-state index contributed by atoms with van der Waals surface area (Å²) in [6.45, 7) is 3.89. The molecule has 3 heterocycles. The Hall–Kier alpha value is -2.70. The maximum absolute atomic E-state index is 5.76. The van der Waals surface area contributed by atoms with E-state index in [1.54, 1.807) is 0 Å². The number of aromatic nitrogens is 2. The van der Waals surface area contributed by atoms with Gasteiger partial charge in [-0.05, 0) is 69.6 Å². The van der Waals surface area contributed by atoms with Gasteiger partial charge < -0.3 is 19.7 Å². The lowest BCUT2D eigenvalue weighted by atomic mass is 10.0. The second-order valence-corrected chi connectivity index (χ2v) is 8.15. The number of rotatable bonds is 6. The number of hydrogen-bond donors (Lipinski definition) is 1.